The van der Waals surface area contributed by atoms with E-state index in [9.17, 15) is 0 Å². The van der Waals surface area contributed by atoms with Crippen molar-refractivity contribution in [1.82, 2.24) is 15.0 Å². The first-order valence-corrected chi connectivity index (χ1v) is 6.13. The maximum absolute atomic E-state index is 6.01. The highest BCUT2D eigenvalue weighted by molar-refractivity contribution is 6.29. The molecule has 2 aromatic heterocycles. The fraction of sp³-hybridized carbons (Fsp3) is 0.308. The standard InChI is InChI=1S/C13H14ClN3O/c1-3-4-13-16-11(6-12(14)17-13)9-5-10(18-2)8-15-7-9/h5-8H,3-4H2,1-2H3. The van der Waals surface area contributed by atoms with E-state index in [0.717, 1.165) is 29.9 Å². The number of nitrogens with zero attached hydrogens (tertiary/aromatic N) is 3. The molecule has 0 spiro atoms. The molecule has 0 bridgehead atoms. The van der Waals surface area contributed by atoms with Gasteiger partial charge in [0.25, 0.3) is 0 Å². The van der Waals surface area contributed by atoms with Gasteiger partial charge in [0, 0.05) is 24.2 Å². The summed E-state index contributed by atoms with van der Waals surface area (Å²) in [6.45, 7) is 2.08. The van der Waals surface area contributed by atoms with Crippen LogP contribution in [0.2, 0.25) is 5.15 Å². The first-order valence-electron chi connectivity index (χ1n) is 5.75. The lowest BCUT2D eigenvalue weighted by atomic mass is 10.2. The van der Waals surface area contributed by atoms with E-state index in [-0.39, 0.29) is 0 Å². The van der Waals surface area contributed by atoms with Crippen molar-refractivity contribution < 1.29 is 4.74 Å². The van der Waals surface area contributed by atoms with Gasteiger partial charge in [-0.3, -0.25) is 4.98 Å². The monoisotopic (exact) mass is 263 g/mol. The number of hydrogen-bond acceptors (Lipinski definition) is 4. The number of ether oxygens (including phenoxy) is 1. The highest BCUT2D eigenvalue weighted by atomic mass is 35.5. The Morgan fingerprint density at radius 3 is 2.78 bits per heavy atom. The maximum Gasteiger partial charge on any atom is 0.137 e. The summed E-state index contributed by atoms with van der Waals surface area (Å²) in [5, 5.41) is 0.450. The predicted molar refractivity (Wildman–Crippen MR) is 70.8 cm³/mol. The van der Waals surface area contributed by atoms with Crippen LogP contribution < -0.4 is 4.74 Å². The van der Waals surface area contributed by atoms with Crippen molar-refractivity contribution in [2.24, 2.45) is 0 Å². The second-order valence-electron chi connectivity index (χ2n) is 3.86. The minimum Gasteiger partial charge on any atom is -0.495 e. The van der Waals surface area contributed by atoms with Gasteiger partial charge in [-0.2, -0.15) is 0 Å². The van der Waals surface area contributed by atoms with Gasteiger partial charge in [-0.25, -0.2) is 9.97 Å². The average molecular weight is 264 g/mol. The maximum atomic E-state index is 6.01. The van der Waals surface area contributed by atoms with Crippen molar-refractivity contribution >= 4 is 11.6 Å². The molecule has 2 rings (SSSR count). The number of aromatic nitrogens is 3. The Bertz CT molecular complexity index is 546. The van der Waals surface area contributed by atoms with Crippen LogP contribution in [0.25, 0.3) is 11.3 Å². The van der Waals surface area contributed by atoms with Crippen LogP contribution in [-0.4, -0.2) is 22.1 Å². The molecule has 0 saturated heterocycles. The number of hydrogen-bond donors (Lipinski definition) is 0. The summed E-state index contributed by atoms with van der Waals surface area (Å²) in [5.74, 6) is 1.45. The molecule has 0 aliphatic rings. The molecular formula is C13H14ClN3O. The normalized spacial score (nSPS) is 10.4. The van der Waals surface area contributed by atoms with Crippen LogP contribution in [0.5, 0.6) is 5.75 Å². The highest BCUT2D eigenvalue weighted by Gasteiger charge is 2.06. The molecule has 2 aromatic rings. The summed E-state index contributed by atoms with van der Waals surface area (Å²) < 4.78 is 5.15. The number of halogens is 1. The van der Waals surface area contributed by atoms with Crippen LogP contribution in [-0.2, 0) is 6.42 Å². The van der Waals surface area contributed by atoms with E-state index in [0.29, 0.717) is 10.9 Å². The molecule has 94 valence electrons. The Balaban J connectivity index is 2.42. The Kier molecular flexibility index (Phi) is 4.10. The van der Waals surface area contributed by atoms with Gasteiger partial charge >= 0.3 is 0 Å². The zero-order valence-electron chi connectivity index (χ0n) is 10.4. The second-order valence-corrected chi connectivity index (χ2v) is 4.24. The molecule has 5 heteroatoms. The molecule has 2 heterocycles. The van der Waals surface area contributed by atoms with Crippen molar-refractivity contribution in [2.75, 3.05) is 7.11 Å². The number of rotatable bonds is 4. The van der Waals surface area contributed by atoms with Gasteiger partial charge in [0.2, 0.25) is 0 Å². The van der Waals surface area contributed by atoms with Gasteiger partial charge < -0.3 is 4.74 Å². The van der Waals surface area contributed by atoms with E-state index in [2.05, 4.69) is 21.9 Å². The minimum absolute atomic E-state index is 0.450. The average Bonchev–Trinajstić information content (AvgIpc) is 2.38. The molecule has 0 aliphatic heterocycles. The van der Waals surface area contributed by atoms with E-state index >= 15 is 0 Å². The molecule has 0 radical (unpaired) electrons. The van der Waals surface area contributed by atoms with E-state index in [4.69, 9.17) is 16.3 Å². The van der Waals surface area contributed by atoms with E-state index < -0.39 is 0 Å². The highest BCUT2D eigenvalue weighted by Crippen LogP contribution is 2.23. The van der Waals surface area contributed by atoms with Crippen molar-refractivity contribution in [3.63, 3.8) is 0 Å². The largest absolute Gasteiger partial charge is 0.495 e. The van der Waals surface area contributed by atoms with Crippen LogP contribution >= 0.6 is 11.6 Å². The molecular weight excluding hydrogens is 250 g/mol. The number of pyridine rings is 1. The van der Waals surface area contributed by atoms with Crippen LogP contribution in [0.4, 0.5) is 0 Å². The zero-order chi connectivity index (χ0) is 13.0. The van der Waals surface area contributed by atoms with Gasteiger partial charge in [-0.15, -0.1) is 0 Å². The summed E-state index contributed by atoms with van der Waals surface area (Å²) in [6, 6.07) is 3.61. The quantitative estimate of drug-likeness (QED) is 0.795. The molecule has 0 N–H and O–H groups in total. The van der Waals surface area contributed by atoms with Gasteiger partial charge in [0.05, 0.1) is 19.0 Å². The first-order chi connectivity index (χ1) is 8.72. The Morgan fingerprint density at radius 2 is 2.06 bits per heavy atom. The van der Waals surface area contributed by atoms with Crippen LogP contribution in [0.15, 0.2) is 24.5 Å². The van der Waals surface area contributed by atoms with Gasteiger partial charge in [0.1, 0.15) is 16.7 Å². The SMILES string of the molecule is CCCc1nc(Cl)cc(-c2cncc(OC)c2)n1. The van der Waals surface area contributed by atoms with Gasteiger partial charge in [-0.1, -0.05) is 18.5 Å². The van der Waals surface area contributed by atoms with E-state index in [1.165, 1.54) is 0 Å². The van der Waals surface area contributed by atoms with Crippen molar-refractivity contribution in [2.45, 2.75) is 19.8 Å². The fourth-order valence-electron chi connectivity index (χ4n) is 1.62. The Hall–Kier alpha value is -1.68. The van der Waals surface area contributed by atoms with Crippen molar-refractivity contribution in [3.05, 3.63) is 35.5 Å². The number of aryl methyl sites for hydroxylation is 1. The predicted octanol–water partition coefficient (Wildman–Crippen LogP) is 3.15. The van der Waals surface area contributed by atoms with Gasteiger partial charge in [-0.05, 0) is 12.5 Å². The lowest BCUT2D eigenvalue weighted by Crippen LogP contribution is -1.97. The van der Waals surface area contributed by atoms with Crippen LogP contribution in [0.1, 0.15) is 19.2 Å². The van der Waals surface area contributed by atoms with Crippen molar-refractivity contribution in [1.29, 1.82) is 0 Å². The third kappa shape index (κ3) is 2.96. The molecule has 0 fully saturated rings. The second kappa shape index (κ2) is 5.78. The summed E-state index contributed by atoms with van der Waals surface area (Å²) in [4.78, 5) is 12.8. The topological polar surface area (TPSA) is 47.9 Å². The van der Waals surface area contributed by atoms with Crippen LogP contribution in [0.3, 0.4) is 0 Å². The van der Waals surface area contributed by atoms with Crippen LogP contribution in [0, 0.1) is 0 Å². The molecule has 0 aromatic carbocycles. The lowest BCUT2D eigenvalue weighted by Gasteiger charge is -2.06. The molecule has 0 unspecified atom stereocenters. The molecule has 0 atom stereocenters. The van der Waals surface area contributed by atoms with Gasteiger partial charge in [0.15, 0.2) is 0 Å². The zero-order valence-corrected chi connectivity index (χ0v) is 11.1. The first kappa shape index (κ1) is 12.8. The van der Waals surface area contributed by atoms with E-state index in [1.807, 2.05) is 6.07 Å². The smallest absolute Gasteiger partial charge is 0.137 e. The third-order valence-corrected chi connectivity index (χ3v) is 2.65. The number of methoxy groups -OCH3 is 1. The minimum atomic E-state index is 0.450. The summed E-state index contributed by atoms with van der Waals surface area (Å²) in [7, 11) is 1.61. The molecule has 0 saturated carbocycles. The molecule has 4 nitrogen and oxygen atoms in total. The Morgan fingerprint density at radius 1 is 1.22 bits per heavy atom. The summed E-state index contributed by atoms with van der Waals surface area (Å²) >= 11 is 6.01. The molecule has 0 aliphatic carbocycles. The molecule has 0 amide bonds. The van der Waals surface area contributed by atoms with E-state index in [1.54, 1.807) is 25.6 Å². The summed E-state index contributed by atoms with van der Waals surface area (Å²) in [6.07, 6.45) is 5.18. The molecule has 18 heavy (non-hydrogen) atoms. The fourth-order valence-corrected chi connectivity index (χ4v) is 1.82. The third-order valence-electron chi connectivity index (χ3n) is 2.46. The Labute approximate surface area is 111 Å². The van der Waals surface area contributed by atoms with Crippen molar-refractivity contribution in [3.8, 4) is 17.0 Å². The summed E-state index contributed by atoms with van der Waals surface area (Å²) in [5.41, 5.74) is 1.64. The lowest BCUT2D eigenvalue weighted by molar-refractivity contribution is 0.413.